The highest BCUT2D eigenvalue weighted by molar-refractivity contribution is 4.88. The van der Waals surface area contributed by atoms with Gasteiger partial charge < -0.3 is 10.2 Å². The predicted molar refractivity (Wildman–Crippen MR) is 72.1 cm³/mol. The number of nitrogens with one attached hydrogen (secondary N) is 1. The monoisotopic (exact) mass is 236 g/mol. The molecular weight excluding hydrogens is 208 g/mol. The molecule has 1 N–H and O–H groups in total. The van der Waals surface area contributed by atoms with Crippen molar-refractivity contribution in [1.82, 2.24) is 10.2 Å². The van der Waals surface area contributed by atoms with Crippen LogP contribution in [-0.2, 0) is 0 Å². The van der Waals surface area contributed by atoms with E-state index in [1.807, 2.05) is 0 Å². The Bertz CT molecular complexity index is 249. The molecule has 2 aliphatic carbocycles. The maximum absolute atomic E-state index is 3.70. The lowest BCUT2D eigenvalue weighted by molar-refractivity contribution is 0.158. The predicted octanol–water partition coefficient (Wildman–Crippen LogP) is 2.64. The summed E-state index contributed by atoms with van der Waals surface area (Å²) in [5.41, 5.74) is 0. The van der Waals surface area contributed by atoms with E-state index in [1.165, 1.54) is 64.6 Å². The number of likely N-dealkylation sites (tertiary alicyclic amines) is 1. The molecule has 98 valence electrons. The molecule has 3 unspecified atom stereocenters. The normalized spacial score (nSPS) is 39.7. The Kier molecular flexibility index (Phi) is 3.72. The van der Waals surface area contributed by atoms with Crippen LogP contribution in [0.5, 0.6) is 0 Å². The van der Waals surface area contributed by atoms with Crippen LogP contribution in [0.3, 0.4) is 0 Å². The Morgan fingerprint density at radius 3 is 2.76 bits per heavy atom. The second-order valence-corrected chi connectivity index (χ2v) is 6.76. The molecule has 2 heteroatoms. The lowest BCUT2D eigenvalue weighted by Crippen LogP contribution is -2.37. The van der Waals surface area contributed by atoms with Gasteiger partial charge in [-0.15, -0.1) is 0 Å². The molecule has 17 heavy (non-hydrogen) atoms. The minimum absolute atomic E-state index is 0.888. The molecule has 2 nitrogen and oxygen atoms in total. The zero-order valence-electron chi connectivity index (χ0n) is 11.3. The first-order chi connectivity index (χ1) is 8.31. The van der Waals surface area contributed by atoms with Crippen molar-refractivity contribution in [1.29, 1.82) is 0 Å². The van der Waals surface area contributed by atoms with Crippen LogP contribution in [0.1, 0.15) is 51.9 Å². The summed E-state index contributed by atoms with van der Waals surface area (Å²) in [6, 6.07) is 1.81. The van der Waals surface area contributed by atoms with Gasteiger partial charge >= 0.3 is 0 Å². The summed E-state index contributed by atoms with van der Waals surface area (Å²) in [6.07, 6.45) is 10.2. The molecule has 3 rings (SSSR count). The van der Waals surface area contributed by atoms with Gasteiger partial charge in [0.05, 0.1) is 0 Å². The van der Waals surface area contributed by atoms with E-state index in [0.717, 1.165) is 23.9 Å². The molecular formula is C15H28N2. The van der Waals surface area contributed by atoms with Crippen molar-refractivity contribution in [2.45, 2.75) is 64.0 Å². The van der Waals surface area contributed by atoms with Gasteiger partial charge in [-0.25, -0.2) is 0 Å². The van der Waals surface area contributed by atoms with Gasteiger partial charge in [0.1, 0.15) is 0 Å². The van der Waals surface area contributed by atoms with Crippen molar-refractivity contribution >= 4 is 0 Å². The van der Waals surface area contributed by atoms with Crippen molar-refractivity contribution < 1.29 is 0 Å². The van der Waals surface area contributed by atoms with E-state index < -0.39 is 0 Å². The van der Waals surface area contributed by atoms with Gasteiger partial charge in [0.15, 0.2) is 0 Å². The van der Waals surface area contributed by atoms with Crippen LogP contribution >= 0.6 is 0 Å². The SMILES string of the molecule is CC1CCCC(N2CCC(CNC3CC3)C2)C1. The van der Waals surface area contributed by atoms with E-state index in [9.17, 15) is 0 Å². The van der Waals surface area contributed by atoms with Crippen LogP contribution in [0.2, 0.25) is 0 Å². The largest absolute Gasteiger partial charge is 0.314 e. The highest BCUT2D eigenvalue weighted by Crippen LogP contribution is 2.30. The van der Waals surface area contributed by atoms with Crippen molar-refractivity contribution in [3.63, 3.8) is 0 Å². The molecule has 0 radical (unpaired) electrons. The average molecular weight is 236 g/mol. The van der Waals surface area contributed by atoms with E-state index in [4.69, 9.17) is 0 Å². The van der Waals surface area contributed by atoms with Gasteiger partial charge in [-0.05, 0) is 57.0 Å². The molecule has 0 aromatic heterocycles. The molecule has 1 saturated heterocycles. The van der Waals surface area contributed by atoms with Crippen LogP contribution in [0.25, 0.3) is 0 Å². The molecule has 0 amide bonds. The third-order valence-electron chi connectivity index (χ3n) is 5.01. The number of nitrogens with zero attached hydrogens (tertiary/aromatic N) is 1. The highest BCUT2D eigenvalue weighted by Gasteiger charge is 2.31. The lowest BCUT2D eigenvalue weighted by Gasteiger charge is -2.34. The fraction of sp³-hybridized carbons (Fsp3) is 1.00. The molecule has 2 saturated carbocycles. The zero-order chi connectivity index (χ0) is 11.7. The lowest BCUT2D eigenvalue weighted by atomic mass is 9.86. The molecule has 0 aromatic rings. The van der Waals surface area contributed by atoms with Crippen LogP contribution < -0.4 is 5.32 Å². The second kappa shape index (κ2) is 5.27. The fourth-order valence-corrected chi connectivity index (χ4v) is 3.72. The third-order valence-corrected chi connectivity index (χ3v) is 5.01. The first-order valence-corrected chi connectivity index (χ1v) is 7.78. The van der Waals surface area contributed by atoms with Gasteiger partial charge in [0.25, 0.3) is 0 Å². The third kappa shape index (κ3) is 3.23. The summed E-state index contributed by atoms with van der Waals surface area (Å²) < 4.78 is 0. The summed E-state index contributed by atoms with van der Waals surface area (Å²) in [6.45, 7) is 6.46. The molecule has 0 spiro atoms. The smallest absolute Gasteiger partial charge is 0.00979 e. The Labute approximate surface area is 106 Å². The maximum Gasteiger partial charge on any atom is 0.00979 e. The van der Waals surface area contributed by atoms with E-state index in [0.29, 0.717) is 0 Å². The first-order valence-electron chi connectivity index (χ1n) is 7.78. The average Bonchev–Trinajstić information content (AvgIpc) is 3.04. The fourth-order valence-electron chi connectivity index (χ4n) is 3.72. The molecule has 1 heterocycles. The van der Waals surface area contributed by atoms with Crippen molar-refractivity contribution in [3.05, 3.63) is 0 Å². The first kappa shape index (κ1) is 12.0. The van der Waals surface area contributed by atoms with Crippen LogP contribution in [0.15, 0.2) is 0 Å². The van der Waals surface area contributed by atoms with Crippen LogP contribution in [0.4, 0.5) is 0 Å². The minimum atomic E-state index is 0.888. The molecule has 0 bridgehead atoms. The Morgan fingerprint density at radius 2 is 2.00 bits per heavy atom. The van der Waals surface area contributed by atoms with Crippen molar-refractivity contribution in [2.24, 2.45) is 11.8 Å². The Morgan fingerprint density at radius 1 is 1.12 bits per heavy atom. The topological polar surface area (TPSA) is 15.3 Å². The second-order valence-electron chi connectivity index (χ2n) is 6.76. The maximum atomic E-state index is 3.70. The molecule has 3 atom stereocenters. The minimum Gasteiger partial charge on any atom is -0.314 e. The van der Waals surface area contributed by atoms with Gasteiger partial charge in [0, 0.05) is 18.6 Å². The number of hydrogen-bond acceptors (Lipinski definition) is 2. The number of hydrogen-bond donors (Lipinski definition) is 1. The van der Waals surface area contributed by atoms with Crippen LogP contribution in [0, 0.1) is 11.8 Å². The quantitative estimate of drug-likeness (QED) is 0.807. The van der Waals surface area contributed by atoms with Gasteiger partial charge in [-0.3, -0.25) is 0 Å². The van der Waals surface area contributed by atoms with Gasteiger partial charge in [0.2, 0.25) is 0 Å². The van der Waals surface area contributed by atoms with E-state index in [2.05, 4.69) is 17.1 Å². The van der Waals surface area contributed by atoms with Crippen molar-refractivity contribution in [2.75, 3.05) is 19.6 Å². The summed E-state index contributed by atoms with van der Waals surface area (Å²) in [5, 5.41) is 3.70. The van der Waals surface area contributed by atoms with E-state index >= 15 is 0 Å². The van der Waals surface area contributed by atoms with E-state index in [-0.39, 0.29) is 0 Å². The highest BCUT2D eigenvalue weighted by atomic mass is 15.2. The molecule has 3 aliphatic rings. The Hall–Kier alpha value is -0.0800. The summed E-state index contributed by atoms with van der Waals surface area (Å²) >= 11 is 0. The standard InChI is InChI=1S/C15H28N2/c1-12-3-2-4-15(9-12)17-8-7-13(11-17)10-16-14-5-6-14/h12-16H,2-11H2,1H3. The summed E-state index contributed by atoms with van der Waals surface area (Å²) in [4.78, 5) is 2.80. The summed E-state index contributed by atoms with van der Waals surface area (Å²) in [7, 11) is 0. The Balaban J connectivity index is 1.42. The van der Waals surface area contributed by atoms with Gasteiger partial charge in [-0.1, -0.05) is 19.8 Å². The van der Waals surface area contributed by atoms with Crippen LogP contribution in [-0.4, -0.2) is 36.6 Å². The van der Waals surface area contributed by atoms with E-state index in [1.54, 1.807) is 0 Å². The summed E-state index contributed by atoms with van der Waals surface area (Å²) in [5.74, 6) is 1.91. The molecule has 1 aliphatic heterocycles. The number of rotatable bonds is 4. The van der Waals surface area contributed by atoms with Gasteiger partial charge in [-0.2, -0.15) is 0 Å². The van der Waals surface area contributed by atoms with Crippen molar-refractivity contribution in [3.8, 4) is 0 Å². The molecule has 3 fully saturated rings. The zero-order valence-corrected chi connectivity index (χ0v) is 11.3. The molecule has 0 aromatic carbocycles.